The van der Waals surface area contributed by atoms with Gasteiger partial charge in [0.15, 0.2) is 5.96 Å². The molecule has 0 spiro atoms. The van der Waals surface area contributed by atoms with Crippen molar-refractivity contribution < 1.29 is 4.74 Å². The Morgan fingerprint density at radius 2 is 1.72 bits per heavy atom. The van der Waals surface area contributed by atoms with Crippen molar-refractivity contribution in [2.75, 3.05) is 53.4 Å². The zero-order valence-corrected chi connectivity index (χ0v) is 19.1. The van der Waals surface area contributed by atoms with Gasteiger partial charge in [-0.15, -0.1) is 0 Å². The summed E-state index contributed by atoms with van der Waals surface area (Å²) in [5.74, 6) is 1.36. The molecular weight excluding hydrogens is 362 g/mol. The van der Waals surface area contributed by atoms with Crippen LogP contribution in [0.4, 0.5) is 0 Å². The molecule has 1 aliphatic heterocycles. The molecule has 1 aliphatic rings. The van der Waals surface area contributed by atoms with Crippen molar-refractivity contribution in [1.29, 1.82) is 0 Å². The number of nitrogens with one attached hydrogen (secondary N) is 2. The highest BCUT2D eigenvalue weighted by atomic mass is 16.5. The van der Waals surface area contributed by atoms with Crippen LogP contribution >= 0.6 is 0 Å². The Labute approximate surface area is 177 Å². The lowest BCUT2D eigenvalue weighted by atomic mass is 10.0. The molecule has 0 radical (unpaired) electrons. The second-order valence-electron chi connectivity index (χ2n) is 8.27. The molecule has 1 fully saturated rings. The minimum absolute atomic E-state index is 0.290. The van der Waals surface area contributed by atoms with E-state index in [0.717, 1.165) is 64.8 Å². The van der Waals surface area contributed by atoms with Crippen molar-refractivity contribution in [2.24, 2.45) is 10.9 Å². The minimum atomic E-state index is 0.290. The van der Waals surface area contributed by atoms with Crippen LogP contribution in [0.1, 0.15) is 38.3 Å². The number of benzene rings is 1. The monoisotopic (exact) mass is 403 g/mol. The summed E-state index contributed by atoms with van der Waals surface area (Å²) in [6.45, 7) is 14.5. The molecule has 2 rings (SSSR count). The number of hydrogen-bond donors (Lipinski definition) is 2. The number of aliphatic imine (C=N–C) groups is 1. The summed E-state index contributed by atoms with van der Waals surface area (Å²) in [4.78, 5) is 9.26. The lowest BCUT2D eigenvalue weighted by Crippen LogP contribution is -2.43. The first kappa shape index (κ1) is 23.6. The SMILES string of the molecule is CCOC(CCNC(=NC)NCc1ccc(CN2CCN(C)CC2)cc1)C(C)C. The van der Waals surface area contributed by atoms with Gasteiger partial charge in [0.25, 0.3) is 0 Å². The molecule has 1 heterocycles. The van der Waals surface area contributed by atoms with Crippen LogP contribution in [-0.2, 0) is 17.8 Å². The van der Waals surface area contributed by atoms with Gasteiger partial charge in [0.1, 0.15) is 0 Å². The van der Waals surface area contributed by atoms with Crippen molar-refractivity contribution in [3.05, 3.63) is 35.4 Å². The van der Waals surface area contributed by atoms with E-state index in [9.17, 15) is 0 Å². The highest BCUT2D eigenvalue weighted by molar-refractivity contribution is 5.79. The van der Waals surface area contributed by atoms with E-state index in [0.29, 0.717) is 12.0 Å². The fourth-order valence-electron chi connectivity index (χ4n) is 3.59. The molecule has 1 atom stereocenters. The zero-order chi connectivity index (χ0) is 21.1. The number of likely N-dealkylation sites (N-methyl/N-ethyl adjacent to an activating group) is 1. The Bertz CT molecular complexity index is 594. The standard InChI is InChI=1S/C23H41N5O/c1-6-29-22(19(2)3)11-12-25-23(24-4)26-17-20-7-9-21(10-8-20)18-28-15-13-27(5)14-16-28/h7-10,19,22H,6,11-18H2,1-5H3,(H2,24,25,26). The van der Waals surface area contributed by atoms with E-state index in [1.54, 1.807) is 0 Å². The fraction of sp³-hybridized carbons (Fsp3) is 0.696. The molecule has 0 aromatic heterocycles. The maximum atomic E-state index is 5.81. The first-order valence-corrected chi connectivity index (χ1v) is 11.1. The number of rotatable bonds is 10. The van der Waals surface area contributed by atoms with Crippen molar-refractivity contribution in [3.8, 4) is 0 Å². The Morgan fingerprint density at radius 3 is 2.31 bits per heavy atom. The van der Waals surface area contributed by atoms with Crippen molar-refractivity contribution in [2.45, 2.75) is 46.4 Å². The van der Waals surface area contributed by atoms with Gasteiger partial charge in [-0.3, -0.25) is 9.89 Å². The zero-order valence-electron chi connectivity index (χ0n) is 19.1. The summed E-state index contributed by atoms with van der Waals surface area (Å²) in [7, 11) is 4.01. The molecule has 6 nitrogen and oxygen atoms in total. The van der Waals surface area contributed by atoms with Gasteiger partial charge in [0.2, 0.25) is 0 Å². The molecule has 164 valence electrons. The summed E-state index contributed by atoms with van der Waals surface area (Å²) < 4.78 is 5.81. The van der Waals surface area contributed by atoms with Crippen LogP contribution in [0, 0.1) is 5.92 Å². The van der Waals surface area contributed by atoms with Crippen LogP contribution in [0.15, 0.2) is 29.3 Å². The average Bonchev–Trinajstić information content (AvgIpc) is 2.72. The van der Waals surface area contributed by atoms with Gasteiger partial charge in [0, 0.05) is 59.5 Å². The van der Waals surface area contributed by atoms with Gasteiger partial charge >= 0.3 is 0 Å². The van der Waals surface area contributed by atoms with E-state index < -0.39 is 0 Å². The van der Waals surface area contributed by atoms with Crippen LogP contribution in [0.3, 0.4) is 0 Å². The first-order valence-electron chi connectivity index (χ1n) is 11.1. The lowest BCUT2D eigenvalue weighted by Gasteiger charge is -2.32. The van der Waals surface area contributed by atoms with Gasteiger partial charge in [0.05, 0.1) is 6.10 Å². The summed E-state index contributed by atoms with van der Waals surface area (Å²) in [5, 5.41) is 6.81. The largest absolute Gasteiger partial charge is 0.378 e. The molecule has 29 heavy (non-hydrogen) atoms. The third kappa shape index (κ3) is 8.72. The summed E-state index contributed by atoms with van der Waals surface area (Å²) in [6.07, 6.45) is 1.27. The van der Waals surface area contributed by atoms with E-state index in [1.165, 1.54) is 11.1 Å². The Morgan fingerprint density at radius 1 is 1.07 bits per heavy atom. The predicted octanol–water partition coefficient (Wildman–Crippen LogP) is 2.55. The Balaban J connectivity index is 1.72. The average molecular weight is 404 g/mol. The van der Waals surface area contributed by atoms with Gasteiger partial charge < -0.3 is 20.3 Å². The van der Waals surface area contributed by atoms with Crippen LogP contribution < -0.4 is 10.6 Å². The van der Waals surface area contributed by atoms with E-state index >= 15 is 0 Å². The predicted molar refractivity (Wildman–Crippen MR) is 122 cm³/mol. The second kappa shape index (κ2) is 12.8. The summed E-state index contributed by atoms with van der Waals surface area (Å²) in [6, 6.07) is 8.94. The molecule has 0 saturated carbocycles. The van der Waals surface area contributed by atoms with Crippen molar-refractivity contribution >= 4 is 5.96 Å². The molecule has 0 amide bonds. The second-order valence-corrected chi connectivity index (χ2v) is 8.27. The van der Waals surface area contributed by atoms with Crippen LogP contribution in [-0.4, -0.2) is 75.3 Å². The number of ether oxygens (including phenoxy) is 1. The van der Waals surface area contributed by atoms with Gasteiger partial charge in [-0.05, 0) is 37.4 Å². The van der Waals surface area contributed by atoms with Crippen LogP contribution in [0.2, 0.25) is 0 Å². The minimum Gasteiger partial charge on any atom is -0.378 e. The topological polar surface area (TPSA) is 52.1 Å². The summed E-state index contributed by atoms with van der Waals surface area (Å²) >= 11 is 0. The number of piperazine rings is 1. The molecule has 2 N–H and O–H groups in total. The van der Waals surface area contributed by atoms with E-state index in [4.69, 9.17) is 4.74 Å². The number of nitrogens with zero attached hydrogens (tertiary/aromatic N) is 3. The molecule has 1 aromatic carbocycles. The van der Waals surface area contributed by atoms with E-state index in [-0.39, 0.29) is 0 Å². The number of hydrogen-bond acceptors (Lipinski definition) is 4. The van der Waals surface area contributed by atoms with Crippen LogP contribution in [0.25, 0.3) is 0 Å². The van der Waals surface area contributed by atoms with E-state index in [1.807, 2.05) is 7.05 Å². The fourth-order valence-corrected chi connectivity index (χ4v) is 3.59. The highest BCUT2D eigenvalue weighted by Crippen LogP contribution is 2.11. The van der Waals surface area contributed by atoms with Crippen LogP contribution in [0.5, 0.6) is 0 Å². The highest BCUT2D eigenvalue weighted by Gasteiger charge is 2.14. The van der Waals surface area contributed by atoms with Crippen molar-refractivity contribution in [1.82, 2.24) is 20.4 Å². The number of guanidine groups is 1. The van der Waals surface area contributed by atoms with Gasteiger partial charge in [-0.25, -0.2) is 0 Å². The Hall–Kier alpha value is -1.63. The maximum Gasteiger partial charge on any atom is 0.191 e. The molecule has 0 bridgehead atoms. The third-order valence-electron chi connectivity index (χ3n) is 5.55. The van der Waals surface area contributed by atoms with E-state index in [2.05, 4.69) is 77.5 Å². The molecule has 1 unspecified atom stereocenters. The van der Waals surface area contributed by atoms with Crippen molar-refractivity contribution in [3.63, 3.8) is 0 Å². The van der Waals surface area contributed by atoms with Gasteiger partial charge in [-0.2, -0.15) is 0 Å². The molecule has 0 aliphatic carbocycles. The normalized spacial score (nSPS) is 17.5. The third-order valence-corrected chi connectivity index (χ3v) is 5.55. The molecule has 1 saturated heterocycles. The Kier molecular flexibility index (Phi) is 10.5. The first-order chi connectivity index (χ1) is 14.0. The lowest BCUT2D eigenvalue weighted by molar-refractivity contribution is 0.0258. The molecular formula is C23H41N5O. The molecule has 6 heteroatoms. The summed E-state index contributed by atoms with van der Waals surface area (Å²) in [5.41, 5.74) is 2.65. The van der Waals surface area contributed by atoms with Gasteiger partial charge in [-0.1, -0.05) is 38.1 Å². The maximum absolute atomic E-state index is 5.81. The molecule has 1 aromatic rings. The smallest absolute Gasteiger partial charge is 0.191 e. The quantitative estimate of drug-likeness (QED) is 0.464.